The highest BCUT2D eigenvalue weighted by molar-refractivity contribution is 7.99. The Kier molecular flexibility index (Phi) is 5.52. The quantitative estimate of drug-likeness (QED) is 0.889. The number of rotatable bonds is 5. The zero-order valence-corrected chi connectivity index (χ0v) is 12.4. The summed E-state index contributed by atoms with van der Waals surface area (Å²) in [6, 6.07) is 5.10. The molecule has 1 N–H and O–H groups in total. The molecule has 19 heavy (non-hydrogen) atoms. The van der Waals surface area contributed by atoms with Crippen LogP contribution in [0.15, 0.2) is 18.2 Å². The molecule has 0 aromatic heterocycles. The van der Waals surface area contributed by atoms with Gasteiger partial charge in [-0.25, -0.2) is 4.39 Å². The van der Waals surface area contributed by atoms with Gasteiger partial charge in [0.2, 0.25) is 0 Å². The molecular formula is C15H22FNOS. The number of thioether (sulfide) groups is 1. The number of hydrogen-bond acceptors (Lipinski definition) is 3. The number of nitrogens with one attached hydrogen (secondary N) is 1. The molecule has 1 aromatic carbocycles. The van der Waals surface area contributed by atoms with E-state index < -0.39 is 0 Å². The van der Waals surface area contributed by atoms with Gasteiger partial charge in [0.05, 0.1) is 7.11 Å². The van der Waals surface area contributed by atoms with Crippen molar-refractivity contribution in [1.82, 2.24) is 5.32 Å². The second kappa shape index (κ2) is 7.15. The van der Waals surface area contributed by atoms with Gasteiger partial charge in [-0.05, 0) is 31.6 Å². The molecule has 0 saturated carbocycles. The lowest BCUT2D eigenvalue weighted by molar-refractivity contribution is 0.409. The normalized spacial score (nSPS) is 21.1. The Balaban J connectivity index is 1.89. The Labute approximate surface area is 119 Å². The van der Waals surface area contributed by atoms with Gasteiger partial charge in [0, 0.05) is 29.5 Å². The summed E-state index contributed by atoms with van der Waals surface area (Å²) >= 11 is 2.03. The molecule has 0 aliphatic carbocycles. The van der Waals surface area contributed by atoms with Gasteiger partial charge in [-0.2, -0.15) is 11.8 Å². The lowest BCUT2D eigenvalue weighted by Gasteiger charge is -2.24. The van der Waals surface area contributed by atoms with E-state index in [0.717, 1.165) is 6.54 Å². The first kappa shape index (κ1) is 14.7. The van der Waals surface area contributed by atoms with Crippen LogP contribution in [0, 0.1) is 5.82 Å². The third-order valence-electron chi connectivity index (χ3n) is 3.60. The van der Waals surface area contributed by atoms with Crippen molar-refractivity contribution in [3.8, 4) is 5.75 Å². The van der Waals surface area contributed by atoms with E-state index >= 15 is 0 Å². The maximum absolute atomic E-state index is 13.9. The van der Waals surface area contributed by atoms with E-state index in [9.17, 15) is 4.39 Å². The van der Waals surface area contributed by atoms with Gasteiger partial charge in [-0.15, -0.1) is 0 Å². The maximum atomic E-state index is 13.9. The van der Waals surface area contributed by atoms with Crippen LogP contribution in [0.4, 0.5) is 4.39 Å². The first-order valence-electron chi connectivity index (χ1n) is 6.89. The molecule has 2 atom stereocenters. The average molecular weight is 283 g/mol. The van der Waals surface area contributed by atoms with Crippen molar-refractivity contribution < 1.29 is 9.13 Å². The minimum absolute atomic E-state index is 0.0356. The summed E-state index contributed by atoms with van der Waals surface area (Å²) in [6.45, 7) is 2.97. The highest BCUT2D eigenvalue weighted by Gasteiger charge is 2.16. The molecule has 0 amide bonds. The Morgan fingerprint density at radius 1 is 1.47 bits per heavy atom. The van der Waals surface area contributed by atoms with Crippen LogP contribution in [0.25, 0.3) is 0 Å². The van der Waals surface area contributed by atoms with E-state index in [1.54, 1.807) is 13.2 Å². The van der Waals surface area contributed by atoms with Gasteiger partial charge in [-0.3, -0.25) is 0 Å². The second-order valence-electron chi connectivity index (χ2n) is 5.01. The molecule has 1 fully saturated rings. The van der Waals surface area contributed by atoms with Crippen molar-refractivity contribution in [2.24, 2.45) is 0 Å². The molecular weight excluding hydrogens is 261 g/mol. The fourth-order valence-corrected chi connectivity index (χ4v) is 3.62. The van der Waals surface area contributed by atoms with Crippen molar-refractivity contribution in [3.05, 3.63) is 29.6 Å². The molecule has 2 unspecified atom stereocenters. The van der Waals surface area contributed by atoms with Gasteiger partial charge in [-0.1, -0.05) is 12.5 Å². The van der Waals surface area contributed by atoms with E-state index in [2.05, 4.69) is 5.32 Å². The van der Waals surface area contributed by atoms with Crippen LogP contribution in [-0.2, 0) is 0 Å². The largest absolute Gasteiger partial charge is 0.497 e. The fraction of sp³-hybridized carbons (Fsp3) is 0.600. The van der Waals surface area contributed by atoms with E-state index in [1.165, 1.54) is 31.1 Å². The molecule has 0 spiro atoms. The van der Waals surface area contributed by atoms with Crippen molar-refractivity contribution in [2.45, 2.75) is 37.5 Å². The van der Waals surface area contributed by atoms with Gasteiger partial charge in [0.25, 0.3) is 0 Å². The minimum Gasteiger partial charge on any atom is -0.497 e. The number of benzene rings is 1. The fourth-order valence-electron chi connectivity index (χ4n) is 2.37. The Morgan fingerprint density at radius 2 is 2.32 bits per heavy atom. The van der Waals surface area contributed by atoms with Crippen LogP contribution >= 0.6 is 11.8 Å². The van der Waals surface area contributed by atoms with Gasteiger partial charge in [0.1, 0.15) is 11.6 Å². The summed E-state index contributed by atoms with van der Waals surface area (Å²) in [4.78, 5) is 0. The highest BCUT2D eigenvalue weighted by Crippen LogP contribution is 2.26. The molecule has 0 bridgehead atoms. The van der Waals surface area contributed by atoms with E-state index in [-0.39, 0.29) is 11.9 Å². The van der Waals surface area contributed by atoms with Crippen LogP contribution in [-0.4, -0.2) is 24.7 Å². The van der Waals surface area contributed by atoms with Crippen LogP contribution < -0.4 is 10.1 Å². The first-order valence-corrected chi connectivity index (χ1v) is 7.94. The Morgan fingerprint density at radius 3 is 2.95 bits per heavy atom. The lowest BCUT2D eigenvalue weighted by atomic mass is 10.1. The maximum Gasteiger partial charge on any atom is 0.131 e. The lowest BCUT2D eigenvalue weighted by Crippen LogP contribution is -2.29. The predicted molar refractivity (Wildman–Crippen MR) is 79.5 cm³/mol. The van der Waals surface area contributed by atoms with Crippen LogP contribution in [0.5, 0.6) is 5.75 Å². The molecule has 2 rings (SSSR count). The molecule has 106 valence electrons. The highest BCUT2D eigenvalue weighted by atomic mass is 32.2. The molecule has 1 aromatic rings. The van der Waals surface area contributed by atoms with E-state index in [4.69, 9.17) is 4.74 Å². The van der Waals surface area contributed by atoms with Crippen molar-refractivity contribution >= 4 is 11.8 Å². The summed E-state index contributed by atoms with van der Waals surface area (Å²) in [7, 11) is 1.55. The summed E-state index contributed by atoms with van der Waals surface area (Å²) in [6.07, 6.45) is 3.93. The number of methoxy groups -OCH3 is 1. The van der Waals surface area contributed by atoms with Crippen molar-refractivity contribution in [1.29, 1.82) is 0 Å². The number of halogens is 1. The van der Waals surface area contributed by atoms with Crippen LogP contribution in [0.2, 0.25) is 0 Å². The number of ether oxygens (including phenoxy) is 1. The predicted octanol–water partition coefficient (Wildman–Crippen LogP) is 3.77. The van der Waals surface area contributed by atoms with Crippen LogP contribution in [0.3, 0.4) is 0 Å². The molecule has 1 saturated heterocycles. The van der Waals surface area contributed by atoms with Crippen LogP contribution in [0.1, 0.15) is 37.8 Å². The van der Waals surface area contributed by atoms with E-state index in [1.807, 2.05) is 24.8 Å². The third-order valence-corrected chi connectivity index (χ3v) is 5.00. The SMILES string of the molecule is COc1ccc(C(C)NCC2CCCCS2)c(F)c1. The smallest absolute Gasteiger partial charge is 0.131 e. The van der Waals surface area contributed by atoms with Gasteiger partial charge >= 0.3 is 0 Å². The van der Waals surface area contributed by atoms with Crippen molar-refractivity contribution in [2.75, 3.05) is 19.4 Å². The average Bonchev–Trinajstić information content (AvgIpc) is 2.45. The molecule has 1 aliphatic rings. The van der Waals surface area contributed by atoms with E-state index in [0.29, 0.717) is 16.6 Å². The zero-order valence-electron chi connectivity index (χ0n) is 11.6. The standard InChI is InChI=1S/C15H22FNOS/c1-11(17-10-13-5-3-4-8-19-13)14-7-6-12(18-2)9-15(14)16/h6-7,9,11,13,17H,3-5,8,10H2,1-2H3. The monoisotopic (exact) mass is 283 g/mol. The van der Waals surface area contributed by atoms with Crippen molar-refractivity contribution in [3.63, 3.8) is 0 Å². The zero-order chi connectivity index (χ0) is 13.7. The first-order chi connectivity index (χ1) is 9.20. The van der Waals surface area contributed by atoms with Gasteiger partial charge < -0.3 is 10.1 Å². The minimum atomic E-state index is -0.198. The molecule has 0 radical (unpaired) electrons. The third kappa shape index (κ3) is 4.11. The molecule has 1 aliphatic heterocycles. The second-order valence-corrected chi connectivity index (χ2v) is 6.41. The Hall–Kier alpha value is -0.740. The molecule has 1 heterocycles. The topological polar surface area (TPSA) is 21.3 Å². The summed E-state index contributed by atoms with van der Waals surface area (Å²) < 4.78 is 18.9. The summed E-state index contributed by atoms with van der Waals surface area (Å²) in [5.74, 6) is 1.63. The Bertz CT molecular complexity index is 407. The van der Waals surface area contributed by atoms with Gasteiger partial charge in [0.15, 0.2) is 0 Å². The molecule has 2 nitrogen and oxygen atoms in total. The molecule has 4 heteroatoms. The number of hydrogen-bond donors (Lipinski definition) is 1. The summed E-state index contributed by atoms with van der Waals surface area (Å²) in [5.41, 5.74) is 0.710. The summed E-state index contributed by atoms with van der Waals surface area (Å²) in [5, 5.41) is 4.12.